The SMILES string of the molecule is CCCN(CCCl)C(=O)Cc1ccccc1C. The van der Waals surface area contributed by atoms with Gasteiger partial charge in [-0.25, -0.2) is 0 Å². The zero-order chi connectivity index (χ0) is 12.7. The van der Waals surface area contributed by atoms with Gasteiger partial charge in [-0.3, -0.25) is 4.79 Å². The molecule has 0 saturated heterocycles. The third kappa shape index (κ3) is 4.39. The quantitative estimate of drug-likeness (QED) is 0.714. The van der Waals surface area contributed by atoms with E-state index < -0.39 is 0 Å². The third-order valence-electron chi connectivity index (χ3n) is 2.80. The molecule has 0 saturated carbocycles. The smallest absolute Gasteiger partial charge is 0.227 e. The largest absolute Gasteiger partial charge is 0.341 e. The maximum atomic E-state index is 12.1. The highest BCUT2D eigenvalue weighted by Crippen LogP contribution is 2.09. The molecule has 1 aromatic rings. The first-order valence-electron chi connectivity index (χ1n) is 6.07. The monoisotopic (exact) mass is 253 g/mol. The van der Waals surface area contributed by atoms with Crippen LogP contribution in [0.5, 0.6) is 0 Å². The Kier molecular flexibility index (Phi) is 6.06. The number of rotatable bonds is 6. The van der Waals surface area contributed by atoms with Crippen LogP contribution in [0.15, 0.2) is 24.3 Å². The number of hydrogen-bond acceptors (Lipinski definition) is 1. The second-order valence-electron chi connectivity index (χ2n) is 4.17. The van der Waals surface area contributed by atoms with Crippen molar-refractivity contribution in [3.63, 3.8) is 0 Å². The summed E-state index contributed by atoms with van der Waals surface area (Å²) in [4.78, 5) is 14.0. The van der Waals surface area contributed by atoms with Gasteiger partial charge in [-0.05, 0) is 24.5 Å². The molecule has 0 N–H and O–H groups in total. The first kappa shape index (κ1) is 14.0. The summed E-state index contributed by atoms with van der Waals surface area (Å²) in [5.74, 6) is 0.668. The van der Waals surface area contributed by atoms with E-state index >= 15 is 0 Å². The molecular formula is C14H20ClNO. The highest BCUT2D eigenvalue weighted by atomic mass is 35.5. The van der Waals surface area contributed by atoms with Gasteiger partial charge in [-0.15, -0.1) is 11.6 Å². The van der Waals surface area contributed by atoms with Gasteiger partial charge in [0, 0.05) is 19.0 Å². The Labute approximate surface area is 109 Å². The van der Waals surface area contributed by atoms with E-state index in [1.807, 2.05) is 36.1 Å². The lowest BCUT2D eigenvalue weighted by Gasteiger charge is -2.21. The molecule has 0 radical (unpaired) electrons. The topological polar surface area (TPSA) is 20.3 Å². The average molecular weight is 254 g/mol. The molecule has 0 atom stereocenters. The molecule has 0 aromatic heterocycles. The van der Waals surface area contributed by atoms with Crippen molar-refractivity contribution in [3.8, 4) is 0 Å². The number of carbonyl (C=O) groups excluding carboxylic acids is 1. The van der Waals surface area contributed by atoms with Crippen molar-refractivity contribution in [2.24, 2.45) is 0 Å². The van der Waals surface area contributed by atoms with Crippen LogP contribution in [0.2, 0.25) is 0 Å². The number of alkyl halides is 1. The van der Waals surface area contributed by atoms with E-state index in [1.165, 1.54) is 5.56 Å². The maximum absolute atomic E-state index is 12.1. The predicted octanol–water partition coefficient (Wildman–Crippen LogP) is 3.01. The summed E-state index contributed by atoms with van der Waals surface area (Å²) in [6, 6.07) is 8.01. The van der Waals surface area contributed by atoms with E-state index in [0.29, 0.717) is 18.8 Å². The van der Waals surface area contributed by atoms with E-state index in [0.717, 1.165) is 18.5 Å². The van der Waals surface area contributed by atoms with Gasteiger partial charge in [0.05, 0.1) is 6.42 Å². The van der Waals surface area contributed by atoms with Crippen LogP contribution in [0.4, 0.5) is 0 Å². The van der Waals surface area contributed by atoms with Crippen LogP contribution in [-0.2, 0) is 11.2 Å². The molecule has 0 aliphatic heterocycles. The van der Waals surface area contributed by atoms with Gasteiger partial charge in [0.25, 0.3) is 0 Å². The molecule has 0 unspecified atom stereocenters. The molecule has 0 aliphatic carbocycles. The molecule has 94 valence electrons. The van der Waals surface area contributed by atoms with Crippen molar-refractivity contribution in [1.29, 1.82) is 0 Å². The Bertz CT molecular complexity index is 359. The highest BCUT2D eigenvalue weighted by molar-refractivity contribution is 6.18. The predicted molar refractivity (Wildman–Crippen MR) is 72.5 cm³/mol. The summed E-state index contributed by atoms with van der Waals surface area (Å²) in [6.45, 7) is 5.54. The number of amides is 1. The summed E-state index contributed by atoms with van der Waals surface area (Å²) in [6.07, 6.45) is 1.44. The summed E-state index contributed by atoms with van der Waals surface area (Å²) in [5, 5.41) is 0. The van der Waals surface area contributed by atoms with E-state index in [4.69, 9.17) is 11.6 Å². The molecule has 1 amide bonds. The lowest BCUT2D eigenvalue weighted by molar-refractivity contribution is -0.130. The number of carbonyl (C=O) groups is 1. The fourth-order valence-corrected chi connectivity index (χ4v) is 2.02. The van der Waals surface area contributed by atoms with E-state index in [9.17, 15) is 4.79 Å². The fourth-order valence-electron chi connectivity index (χ4n) is 1.82. The molecule has 1 rings (SSSR count). The number of nitrogens with zero attached hydrogens (tertiary/aromatic N) is 1. The second kappa shape index (κ2) is 7.33. The number of benzene rings is 1. The fraction of sp³-hybridized carbons (Fsp3) is 0.500. The minimum absolute atomic E-state index is 0.168. The zero-order valence-corrected chi connectivity index (χ0v) is 11.3. The van der Waals surface area contributed by atoms with Crippen LogP contribution in [0.3, 0.4) is 0 Å². The van der Waals surface area contributed by atoms with Crippen LogP contribution in [0.25, 0.3) is 0 Å². The average Bonchev–Trinajstić information content (AvgIpc) is 2.32. The van der Waals surface area contributed by atoms with Crippen LogP contribution in [-0.4, -0.2) is 29.8 Å². The summed E-state index contributed by atoms with van der Waals surface area (Å²) in [7, 11) is 0. The molecule has 1 aromatic carbocycles. The molecule has 0 fully saturated rings. The van der Waals surface area contributed by atoms with Gasteiger partial charge >= 0.3 is 0 Å². The van der Waals surface area contributed by atoms with Gasteiger partial charge in [0.15, 0.2) is 0 Å². The summed E-state index contributed by atoms with van der Waals surface area (Å²) in [5.41, 5.74) is 2.27. The van der Waals surface area contributed by atoms with Crippen LogP contribution in [0.1, 0.15) is 24.5 Å². The van der Waals surface area contributed by atoms with Crippen molar-refractivity contribution in [2.75, 3.05) is 19.0 Å². The summed E-state index contributed by atoms with van der Waals surface area (Å²) < 4.78 is 0. The molecule has 0 spiro atoms. The number of halogens is 1. The molecule has 17 heavy (non-hydrogen) atoms. The summed E-state index contributed by atoms with van der Waals surface area (Å²) >= 11 is 5.72. The standard InChI is InChI=1S/C14H20ClNO/c1-3-9-16(10-8-15)14(17)11-13-7-5-4-6-12(13)2/h4-7H,3,8-11H2,1-2H3. The highest BCUT2D eigenvalue weighted by Gasteiger charge is 2.13. The maximum Gasteiger partial charge on any atom is 0.227 e. The van der Waals surface area contributed by atoms with E-state index in [1.54, 1.807) is 0 Å². The first-order valence-corrected chi connectivity index (χ1v) is 6.60. The van der Waals surface area contributed by atoms with Crippen LogP contribution in [0, 0.1) is 6.92 Å². The molecule has 2 nitrogen and oxygen atoms in total. The van der Waals surface area contributed by atoms with Gasteiger partial charge in [0.1, 0.15) is 0 Å². The third-order valence-corrected chi connectivity index (χ3v) is 2.97. The van der Waals surface area contributed by atoms with Gasteiger partial charge in [-0.2, -0.15) is 0 Å². The van der Waals surface area contributed by atoms with E-state index in [2.05, 4.69) is 6.92 Å². The minimum atomic E-state index is 0.168. The Morgan fingerprint density at radius 1 is 1.29 bits per heavy atom. The first-order chi connectivity index (χ1) is 8.19. The van der Waals surface area contributed by atoms with Crippen molar-refractivity contribution in [3.05, 3.63) is 35.4 Å². The Morgan fingerprint density at radius 2 is 2.00 bits per heavy atom. The van der Waals surface area contributed by atoms with Crippen molar-refractivity contribution >= 4 is 17.5 Å². The zero-order valence-electron chi connectivity index (χ0n) is 10.6. The van der Waals surface area contributed by atoms with Crippen LogP contribution < -0.4 is 0 Å². The molecular weight excluding hydrogens is 234 g/mol. The Morgan fingerprint density at radius 3 is 2.59 bits per heavy atom. The van der Waals surface area contributed by atoms with Gasteiger partial charge in [0.2, 0.25) is 5.91 Å². The number of hydrogen-bond donors (Lipinski definition) is 0. The van der Waals surface area contributed by atoms with Gasteiger partial charge in [-0.1, -0.05) is 31.2 Å². The van der Waals surface area contributed by atoms with Crippen LogP contribution >= 0.6 is 11.6 Å². The Hall–Kier alpha value is -1.02. The molecule has 0 heterocycles. The minimum Gasteiger partial charge on any atom is -0.341 e. The lowest BCUT2D eigenvalue weighted by Crippen LogP contribution is -2.34. The van der Waals surface area contributed by atoms with E-state index in [-0.39, 0.29) is 5.91 Å². The van der Waals surface area contributed by atoms with Crippen molar-refractivity contribution in [2.45, 2.75) is 26.7 Å². The van der Waals surface area contributed by atoms with Crippen molar-refractivity contribution < 1.29 is 4.79 Å². The normalized spacial score (nSPS) is 10.3. The molecule has 0 aliphatic rings. The Balaban J connectivity index is 2.66. The molecule has 3 heteroatoms. The molecule has 0 bridgehead atoms. The number of aryl methyl sites for hydroxylation is 1. The lowest BCUT2D eigenvalue weighted by atomic mass is 10.1. The second-order valence-corrected chi connectivity index (χ2v) is 4.55. The van der Waals surface area contributed by atoms with Crippen molar-refractivity contribution in [1.82, 2.24) is 4.90 Å². The van der Waals surface area contributed by atoms with Gasteiger partial charge < -0.3 is 4.90 Å².